The molecule has 1 aromatic carbocycles. The van der Waals surface area contributed by atoms with Crippen LogP contribution >= 0.6 is 11.6 Å². The standard InChI is InChI=1S/C21H28ClN3O/c1-24(2)19-4-3-14-25(15-13-19)21(26)12-10-18-9-11-20(23-18)16-5-7-17(22)8-6-16/h5-9,11,19,23H,3-4,10,12-15H2,1-2H3/t19-/m0/s1. The van der Waals surface area contributed by atoms with Gasteiger partial charge in [0.05, 0.1) is 0 Å². The molecule has 0 unspecified atom stereocenters. The number of aromatic nitrogens is 1. The molecule has 2 aromatic rings. The van der Waals surface area contributed by atoms with Gasteiger partial charge in [0.15, 0.2) is 0 Å². The predicted octanol–water partition coefficient (Wildman–Crippen LogP) is 4.21. The van der Waals surface area contributed by atoms with Gasteiger partial charge in [-0.1, -0.05) is 23.7 Å². The normalized spacial score (nSPS) is 18.2. The van der Waals surface area contributed by atoms with Gasteiger partial charge in [0.1, 0.15) is 0 Å². The van der Waals surface area contributed by atoms with Gasteiger partial charge in [-0.25, -0.2) is 0 Å². The highest BCUT2D eigenvalue weighted by Crippen LogP contribution is 2.22. The van der Waals surface area contributed by atoms with E-state index in [9.17, 15) is 4.79 Å². The number of aromatic amines is 1. The molecule has 0 radical (unpaired) electrons. The Morgan fingerprint density at radius 2 is 1.92 bits per heavy atom. The van der Waals surface area contributed by atoms with Crippen LogP contribution in [0.2, 0.25) is 5.02 Å². The number of carbonyl (C=O) groups is 1. The lowest BCUT2D eigenvalue weighted by Crippen LogP contribution is -2.33. The minimum absolute atomic E-state index is 0.270. The molecule has 1 atom stereocenters. The van der Waals surface area contributed by atoms with Crippen LogP contribution in [-0.2, 0) is 11.2 Å². The van der Waals surface area contributed by atoms with E-state index in [-0.39, 0.29) is 5.91 Å². The smallest absolute Gasteiger partial charge is 0.222 e. The zero-order valence-corrected chi connectivity index (χ0v) is 16.4. The summed E-state index contributed by atoms with van der Waals surface area (Å²) in [5.74, 6) is 0.270. The summed E-state index contributed by atoms with van der Waals surface area (Å²) in [5, 5.41) is 0.736. The van der Waals surface area contributed by atoms with Crippen LogP contribution in [0, 0.1) is 0 Å². The Morgan fingerprint density at radius 1 is 1.15 bits per heavy atom. The van der Waals surface area contributed by atoms with Crippen LogP contribution in [0.25, 0.3) is 11.3 Å². The topological polar surface area (TPSA) is 39.3 Å². The number of rotatable bonds is 5. The van der Waals surface area contributed by atoms with Crippen molar-refractivity contribution < 1.29 is 4.79 Å². The van der Waals surface area contributed by atoms with Crippen molar-refractivity contribution in [2.75, 3.05) is 27.2 Å². The number of likely N-dealkylation sites (tertiary alicyclic amines) is 1. The molecule has 0 saturated carbocycles. The van der Waals surface area contributed by atoms with Gasteiger partial charge in [-0.2, -0.15) is 0 Å². The molecule has 1 fully saturated rings. The first-order chi connectivity index (χ1) is 12.5. The number of hydrogen-bond donors (Lipinski definition) is 1. The maximum absolute atomic E-state index is 12.6. The molecule has 3 rings (SSSR count). The Balaban J connectivity index is 1.52. The summed E-state index contributed by atoms with van der Waals surface area (Å²) in [4.78, 5) is 20.4. The van der Waals surface area contributed by atoms with E-state index in [0.717, 1.165) is 54.3 Å². The quantitative estimate of drug-likeness (QED) is 0.852. The van der Waals surface area contributed by atoms with E-state index >= 15 is 0 Å². The number of nitrogens with zero attached hydrogens (tertiary/aromatic N) is 2. The molecule has 0 bridgehead atoms. The number of nitrogens with one attached hydrogen (secondary N) is 1. The van der Waals surface area contributed by atoms with Gasteiger partial charge in [-0.15, -0.1) is 0 Å². The first-order valence-electron chi connectivity index (χ1n) is 9.41. The summed E-state index contributed by atoms with van der Waals surface area (Å²) in [6, 6.07) is 12.5. The monoisotopic (exact) mass is 373 g/mol. The van der Waals surface area contributed by atoms with Crippen LogP contribution in [0.4, 0.5) is 0 Å². The number of carbonyl (C=O) groups excluding carboxylic acids is 1. The maximum atomic E-state index is 12.6. The molecule has 5 heteroatoms. The van der Waals surface area contributed by atoms with Crippen LogP contribution in [0.1, 0.15) is 31.4 Å². The fourth-order valence-electron chi connectivity index (χ4n) is 3.63. The molecule has 1 aliphatic heterocycles. The van der Waals surface area contributed by atoms with Crippen LogP contribution in [-0.4, -0.2) is 53.9 Å². The Hall–Kier alpha value is -1.78. The third-order valence-corrected chi connectivity index (χ3v) is 5.54. The van der Waals surface area contributed by atoms with Gasteiger partial charge in [0, 0.05) is 42.0 Å². The average Bonchev–Trinajstić information content (AvgIpc) is 2.95. The van der Waals surface area contributed by atoms with Crippen molar-refractivity contribution >= 4 is 17.5 Å². The average molecular weight is 374 g/mol. The summed E-state index contributed by atoms with van der Waals surface area (Å²) in [7, 11) is 4.26. The van der Waals surface area contributed by atoms with Crippen molar-refractivity contribution in [3.8, 4) is 11.3 Å². The van der Waals surface area contributed by atoms with Gasteiger partial charge >= 0.3 is 0 Å². The summed E-state index contributed by atoms with van der Waals surface area (Å²) < 4.78 is 0. The number of benzene rings is 1. The molecule has 1 aliphatic rings. The minimum Gasteiger partial charge on any atom is -0.358 e. The van der Waals surface area contributed by atoms with E-state index in [1.54, 1.807) is 0 Å². The Morgan fingerprint density at radius 3 is 2.65 bits per heavy atom. The number of aryl methyl sites for hydroxylation is 1. The van der Waals surface area contributed by atoms with E-state index in [1.165, 1.54) is 6.42 Å². The molecule has 0 aliphatic carbocycles. The third-order valence-electron chi connectivity index (χ3n) is 5.29. The highest BCUT2D eigenvalue weighted by Gasteiger charge is 2.21. The number of hydrogen-bond acceptors (Lipinski definition) is 2. The molecule has 1 N–H and O–H groups in total. The molecule has 0 spiro atoms. The van der Waals surface area contributed by atoms with E-state index in [0.29, 0.717) is 12.5 Å². The third kappa shape index (κ3) is 4.89. The highest BCUT2D eigenvalue weighted by molar-refractivity contribution is 6.30. The summed E-state index contributed by atoms with van der Waals surface area (Å²) in [6.07, 6.45) is 4.66. The van der Waals surface area contributed by atoms with Crippen molar-refractivity contribution in [1.82, 2.24) is 14.8 Å². The number of amides is 1. The van der Waals surface area contributed by atoms with Crippen LogP contribution < -0.4 is 0 Å². The Kier molecular flexibility index (Phi) is 6.38. The predicted molar refractivity (Wildman–Crippen MR) is 107 cm³/mol. The fourth-order valence-corrected chi connectivity index (χ4v) is 3.75. The molecule has 140 valence electrons. The van der Waals surface area contributed by atoms with Crippen LogP contribution in [0.5, 0.6) is 0 Å². The Bertz CT molecular complexity index is 723. The SMILES string of the molecule is CN(C)[C@H]1CCCN(C(=O)CCc2ccc(-c3ccc(Cl)cc3)[nH]2)CC1. The van der Waals surface area contributed by atoms with Crippen LogP contribution in [0.15, 0.2) is 36.4 Å². The summed E-state index contributed by atoms with van der Waals surface area (Å²) in [6.45, 7) is 1.77. The molecular weight excluding hydrogens is 346 g/mol. The van der Waals surface area contributed by atoms with Crippen molar-refractivity contribution in [3.05, 3.63) is 47.1 Å². The van der Waals surface area contributed by atoms with Crippen molar-refractivity contribution in [2.45, 2.75) is 38.1 Å². The van der Waals surface area contributed by atoms with Gasteiger partial charge in [0.2, 0.25) is 5.91 Å². The first-order valence-corrected chi connectivity index (χ1v) is 9.79. The largest absolute Gasteiger partial charge is 0.358 e. The molecule has 26 heavy (non-hydrogen) atoms. The highest BCUT2D eigenvalue weighted by atomic mass is 35.5. The van der Waals surface area contributed by atoms with E-state index < -0.39 is 0 Å². The first kappa shape index (κ1) is 19.0. The molecule has 2 heterocycles. The van der Waals surface area contributed by atoms with Crippen molar-refractivity contribution in [2.24, 2.45) is 0 Å². The minimum atomic E-state index is 0.270. The van der Waals surface area contributed by atoms with E-state index in [4.69, 9.17) is 11.6 Å². The summed E-state index contributed by atoms with van der Waals surface area (Å²) in [5.41, 5.74) is 3.27. The zero-order chi connectivity index (χ0) is 18.5. The second-order valence-corrected chi connectivity index (χ2v) is 7.77. The fraction of sp³-hybridized carbons (Fsp3) is 0.476. The van der Waals surface area contributed by atoms with Gasteiger partial charge in [-0.3, -0.25) is 4.79 Å². The molecule has 1 saturated heterocycles. The van der Waals surface area contributed by atoms with Crippen molar-refractivity contribution in [3.63, 3.8) is 0 Å². The number of halogens is 1. The molecule has 1 amide bonds. The van der Waals surface area contributed by atoms with Gasteiger partial charge in [-0.05, 0) is 69.6 Å². The maximum Gasteiger partial charge on any atom is 0.222 e. The molecule has 4 nitrogen and oxygen atoms in total. The second kappa shape index (κ2) is 8.74. The lowest BCUT2D eigenvalue weighted by molar-refractivity contribution is -0.131. The van der Waals surface area contributed by atoms with Gasteiger partial charge < -0.3 is 14.8 Å². The number of H-pyrrole nitrogens is 1. The zero-order valence-electron chi connectivity index (χ0n) is 15.7. The lowest BCUT2D eigenvalue weighted by Gasteiger charge is -2.23. The van der Waals surface area contributed by atoms with Gasteiger partial charge in [0.25, 0.3) is 0 Å². The van der Waals surface area contributed by atoms with Crippen LogP contribution in [0.3, 0.4) is 0 Å². The van der Waals surface area contributed by atoms with Crippen molar-refractivity contribution in [1.29, 1.82) is 0 Å². The second-order valence-electron chi connectivity index (χ2n) is 7.33. The van der Waals surface area contributed by atoms with E-state index in [1.807, 2.05) is 29.2 Å². The molecular formula is C21H28ClN3O. The van der Waals surface area contributed by atoms with E-state index in [2.05, 4.69) is 36.1 Å². The Labute approximate surface area is 161 Å². The lowest BCUT2D eigenvalue weighted by atomic mass is 10.1. The molecule has 1 aromatic heterocycles. The summed E-state index contributed by atoms with van der Waals surface area (Å²) >= 11 is 5.95.